The number of rotatable bonds is 2. The number of carbonyl (C=O) groups is 1. The number of pyridine rings is 1. The van der Waals surface area contributed by atoms with Crippen molar-refractivity contribution in [2.24, 2.45) is 4.99 Å². The molecular weight excluding hydrogens is 383 g/mol. The highest BCUT2D eigenvalue weighted by Crippen LogP contribution is 2.38. The molecule has 1 aromatic carbocycles. The maximum atomic E-state index is 13.4. The molecule has 1 amide bonds. The van der Waals surface area contributed by atoms with Crippen LogP contribution < -0.4 is 5.73 Å². The molecule has 0 spiro atoms. The molecule has 2 aliphatic rings. The molecule has 2 N–H and O–H groups in total. The number of piperazine rings is 1. The van der Waals surface area contributed by atoms with Gasteiger partial charge in [0, 0.05) is 49.7 Å². The average Bonchev–Trinajstić information content (AvgIpc) is 3.16. The molecule has 0 atom stereocenters. The smallest absolute Gasteiger partial charge is 0.383 e. The van der Waals surface area contributed by atoms with Gasteiger partial charge >= 0.3 is 6.18 Å². The first-order valence-electron chi connectivity index (χ1n) is 9.21. The maximum absolute atomic E-state index is 13.4. The summed E-state index contributed by atoms with van der Waals surface area (Å²) in [6, 6.07) is 3.69. The van der Waals surface area contributed by atoms with E-state index >= 15 is 0 Å². The summed E-state index contributed by atoms with van der Waals surface area (Å²) in [7, 11) is 1.99. The highest BCUT2D eigenvalue weighted by molar-refractivity contribution is 5.99. The number of halogens is 3. The third-order valence-corrected chi connectivity index (χ3v) is 5.32. The van der Waals surface area contributed by atoms with Crippen LogP contribution >= 0.6 is 0 Å². The van der Waals surface area contributed by atoms with Crippen molar-refractivity contribution in [1.29, 1.82) is 0 Å². The molecule has 4 rings (SSSR count). The van der Waals surface area contributed by atoms with Crippen LogP contribution in [0.4, 0.5) is 19.0 Å². The van der Waals surface area contributed by atoms with Crippen molar-refractivity contribution >= 4 is 17.9 Å². The lowest BCUT2D eigenvalue weighted by Crippen LogP contribution is -2.47. The zero-order valence-corrected chi connectivity index (χ0v) is 15.8. The largest absolute Gasteiger partial charge is 0.416 e. The van der Waals surface area contributed by atoms with Gasteiger partial charge < -0.3 is 15.5 Å². The van der Waals surface area contributed by atoms with E-state index in [0.29, 0.717) is 35.3 Å². The number of carbonyl (C=O) groups excluding carboxylic acids is 1. The molecule has 29 heavy (non-hydrogen) atoms. The first-order valence-corrected chi connectivity index (χ1v) is 9.21. The van der Waals surface area contributed by atoms with E-state index in [0.717, 1.165) is 25.2 Å². The summed E-state index contributed by atoms with van der Waals surface area (Å²) in [5.41, 5.74) is 7.19. The van der Waals surface area contributed by atoms with Crippen LogP contribution in [-0.4, -0.2) is 60.1 Å². The van der Waals surface area contributed by atoms with Gasteiger partial charge in [-0.2, -0.15) is 13.2 Å². The Hall–Kier alpha value is -2.94. The van der Waals surface area contributed by atoms with Gasteiger partial charge in [0.25, 0.3) is 5.91 Å². The van der Waals surface area contributed by atoms with Crippen LogP contribution in [0.2, 0.25) is 0 Å². The standard InChI is InChI=1S/C20H20F3N5O/c1-27-2-4-28(5-3-27)19(29)13-7-16(18(24)26-10-13)15-8-14(20(21,22)23)6-12-9-25-11-17(12)15/h6-8,10-11H,2-5,9H2,1H3,(H2,24,26). The van der Waals surface area contributed by atoms with E-state index in [1.807, 2.05) is 7.05 Å². The number of amides is 1. The lowest BCUT2D eigenvalue weighted by atomic mass is 9.93. The Morgan fingerprint density at radius 1 is 1.10 bits per heavy atom. The van der Waals surface area contributed by atoms with E-state index in [9.17, 15) is 18.0 Å². The average molecular weight is 403 g/mol. The summed E-state index contributed by atoms with van der Waals surface area (Å²) in [6.45, 7) is 2.87. The summed E-state index contributed by atoms with van der Waals surface area (Å²) < 4.78 is 40.1. The number of aromatic nitrogens is 1. The number of benzene rings is 1. The first-order chi connectivity index (χ1) is 13.7. The molecule has 0 radical (unpaired) electrons. The third kappa shape index (κ3) is 3.69. The van der Waals surface area contributed by atoms with E-state index < -0.39 is 11.7 Å². The highest BCUT2D eigenvalue weighted by atomic mass is 19.4. The van der Waals surface area contributed by atoms with Gasteiger partial charge in [-0.3, -0.25) is 9.79 Å². The molecule has 9 heteroatoms. The van der Waals surface area contributed by atoms with Gasteiger partial charge in [-0.1, -0.05) is 0 Å². The fourth-order valence-electron chi connectivity index (χ4n) is 3.62. The van der Waals surface area contributed by atoms with Gasteiger partial charge in [0.2, 0.25) is 0 Å². The van der Waals surface area contributed by atoms with Crippen LogP contribution in [0.25, 0.3) is 11.1 Å². The number of nitrogens with zero attached hydrogens (tertiary/aromatic N) is 4. The number of likely N-dealkylation sites (N-methyl/N-ethyl adjacent to an activating group) is 1. The molecular formula is C20H20F3N5O. The lowest BCUT2D eigenvalue weighted by Gasteiger charge is -2.32. The minimum atomic E-state index is -4.50. The van der Waals surface area contributed by atoms with E-state index in [1.165, 1.54) is 12.3 Å². The Morgan fingerprint density at radius 2 is 1.83 bits per heavy atom. The summed E-state index contributed by atoms with van der Waals surface area (Å²) in [5.74, 6) is -0.133. The predicted octanol–water partition coefficient (Wildman–Crippen LogP) is 2.67. The number of anilines is 1. The summed E-state index contributed by atoms with van der Waals surface area (Å²) in [4.78, 5) is 24.9. The zero-order chi connectivity index (χ0) is 20.8. The molecule has 2 aromatic rings. The van der Waals surface area contributed by atoms with E-state index in [2.05, 4.69) is 14.9 Å². The van der Waals surface area contributed by atoms with Crippen molar-refractivity contribution in [2.75, 3.05) is 39.0 Å². The zero-order valence-electron chi connectivity index (χ0n) is 15.8. The summed E-state index contributed by atoms with van der Waals surface area (Å²) in [6.07, 6.45) is -1.58. The van der Waals surface area contributed by atoms with E-state index in [-0.39, 0.29) is 23.8 Å². The van der Waals surface area contributed by atoms with Crippen LogP contribution in [-0.2, 0) is 12.7 Å². The van der Waals surface area contributed by atoms with Gasteiger partial charge in [-0.25, -0.2) is 4.98 Å². The minimum Gasteiger partial charge on any atom is -0.383 e. The second-order valence-electron chi connectivity index (χ2n) is 7.32. The molecule has 2 aliphatic heterocycles. The fourth-order valence-corrected chi connectivity index (χ4v) is 3.62. The third-order valence-electron chi connectivity index (χ3n) is 5.32. The monoisotopic (exact) mass is 403 g/mol. The van der Waals surface area contributed by atoms with Crippen LogP contribution in [0.3, 0.4) is 0 Å². The summed E-state index contributed by atoms with van der Waals surface area (Å²) in [5, 5.41) is 0. The van der Waals surface area contributed by atoms with Crippen LogP contribution in [0.1, 0.15) is 27.0 Å². The topological polar surface area (TPSA) is 74.8 Å². The fraction of sp³-hybridized carbons (Fsp3) is 0.350. The molecule has 152 valence electrons. The number of nitrogens with two attached hydrogens (primary N) is 1. The summed E-state index contributed by atoms with van der Waals surface area (Å²) >= 11 is 0. The molecule has 0 saturated carbocycles. The molecule has 1 saturated heterocycles. The van der Waals surface area contributed by atoms with Gasteiger partial charge in [-0.05, 0) is 36.4 Å². The normalized spacial score (nSPS) is 16.9. The molecule has 0 unspecified atom stereocenters. The van der Waals surface area contributed by atoms with Crippen molar-refractivity contribution in [3.8, 4) is 11.1 Å². The molecule has 0 aliphatic carbocycles. The maximum Gasteiger partial charge on any atom is 0.416 e. The van der Waals surface area contributed by atoms with Crippen molar-refractivity contribution in [3.63, 3.8) is 0 Å². The van der Waals surface area contributed by atoms with Crippen LogP contribution in [0.5, 0.6) is 0 Å². The van der Waals surface area contributed by atoms with Crippen molar-refractivity contribution in [2.45, 2.75) is 12.7 Å². The second kappa shape index (κ2) is 7.14. The number of nitrogen functional groups attached to an aromatic ring is 1. The van der Waals surface area contributed by atoms with Crippen molar-refractivity contribution < 1.29 is 18.0 Å². The Labute approximate surface area is 165 Å². The Bertz CT molecular complexity index is 994. The van der Waals surface area contributed by atoms with Gasteiger partial charge in [-0.15, -0.1) is 0 Å². The highest BCUT2D eigenvalue weighted by Gasteiger charge is 2.33. The van der Waals surface area contributed by atoms with Gasteiger partial charge in [0.1, 0.15) is 5.82 Å². The number of hydrogen-bond donors (Lipinski definition) is 1. The number of alkyl halides is 3. The number of aliphatic imine (C=N–C) groups is 1. The Kier molecular flexibility index (Phi) is 4.77. The molecule has 1 fully saturated rings. The van der Waals surface area contributed by atoms with Crippen LogP contribution in [0, 0.1) is 0 Å². The van der Waals surface area contributed by atoms with Gasteiger partial charge in [0.05, 0.1) is 17.7 Å². The Morgan fingerprint density at radius 3 is 2.52 bits per heavy atom. The molecule has 6 nitrogen and oxygen atoms in total. The molecule has 0 bridgehead atoms. The van der Waals surface area contributed by atoms with E-state index in [4.69, 9.17) is 5.73 Å². The quantitative estimate of drug-likeness (QED) is 0.837. The minimum absolute atomic E-state index is 0.0711. The van der Waals surface area contributed by atoms with Crippen molar-refractivity contribution in [1.82, 2.24) is 14.8 Å². The molecule has 3 heterocycles. The van der Waals surface area contributed by atoms with E-state index in [1.54, 1.807) is 11.1 Å². The first kappa shape index (κ1) is 19.4. The number of fused-ring (bicyclic) bond motifs is 1. The molecule has 1 aromatic heterocycles. The Balaban J connectivity index is 1.76. The van der Waals surface area contributed by atoms with Gasteiger partial charge in [0.15, 0.2) is 0 Å². The van der Waals surface area contributed by atoms with Crippen molar-refractivity contribution in [3.05, 3.63) is 46.6 Å². The number of hydrogen-bond acceptors (Lipinski definition) is 5. The SMILES string of the molecule is CN1CCN(C(=O)c2cnc(N)c(-c3cc(C(F)(F)F)cc4c3C=NC4)c2)CC1. The second-order valence-corrected chi connectivity index (χ2v) is 7.32. The predicted molar refractivity (Wildman–Crippen MR) is 104 cm³/mol. The van der Waals surface area contributed by atoms with Crippen LogP contribution in [0.15, 0.2) is 29.4 Å². The lowest BCUT2D eigenvalue weighted by molar-refractivity contribution is -0.137.